The fraction of sp³-hybridized carbons (Fsp3) is 0. The van der Waals surface area contributed by atoms with Crippen LogP contribution < -0.4 is 22.9 Å². The summed E-state index contributed by atoms with van der Waals surface area (Å²) >= 11 is 0. The third-order valence-corrected chi connectivity index (χ3v) is 2.54. The molecule has 2 rings (SSSR count). The summed E-state index contributed by atoms with van der Waals surface area (Å²) < 4.78 is 0. The van der Waals surface area contributed by atoms with Crippen LogP contribution in [-0.4, -0.2) is 29.6 Å². The number of nitrogen functional groups attached to an aromatic ring is 4. The van der Waals surface area contributed by atoms with Gasteiger partial charge in [-0.2, -0.15) is 0 Å². The van der Waals surface area contributed by atoms with Crippen molar-refractivity contribution in [3.05, 3.63) is 36.4 Å². The third kappa shape index (κ3) is 2.66. The summed E-state index contributed by atoms with van der Waals surface area (Å²) in [6.07, 6.45) is 0. The molecule has 5 heteroatoms. The number of hydrogen-bond donors (Lipinski definition) is 4. The maximum absolute atomic E-state index is 5.92. The first-order chi connectivity index (χ1) is 7.59. The SMILES string of the molecule is Nc1ccc(-c2ccc(N)c(N)c2N)cc1.[NaH]. The molecule has 0 saturated carbocycles. The van der Waals surface area contributed by atoms with Crippen LogP contribution in [0.2, 0.25) is 0 Å². The van der Waals surface area contributed by atoms with Crippen molar-refractivity contribution in [2.24, 2.45) is 0 Å². The van der Waals surface area contributed by atoms with E-state index < -0.39 is 0 Å². The molecule has 0 bridgehead atoms. The van der Waals surface area contributed by atoms with Crippen LogP contribution in [0.3, 0.4) is 0 Å². The fourth-order valence-electron chi connectivity index (χ4n) is 1.57. The minimum atomic E-state index is 0. The van der Waals surface area contributed by atoms with Crippen molar-refractivity contribution in [3.8, 4) is 11.1 Å². The number of anilines is 4. The van der Waals surface area contributed by atoms with E-state index in [1.54, 1.807) is 6.07 Å². The van der Waals surface area contributed by atoms with E-state index in [4.69, 9.17) is 22.9 Å². The fourth-order valence-corrected chi connectivity index (χ4v) is 1.57. The molecule has 0 heterocycles. The Labute approximate surface area is 122 Å². The van der Waals surface area contributed by atoms with E-state index >= 15 is 0 Å². The van der Waals surface area contributed by atoms with Crippen molar-refractivity contribution < 1.29 is 0 Å². The van der Waals surface area contributed by atoms with Gasteiger partial charge in [-0.1, -0.05) is 18.2 Å². The second kappa shape index (κ2) is 5.31. The summed E-state index contributed by atoms with van der Waals surface area (Å²) in [7, 11) is 0. The van der Waals surface area contributed by atoms with E-state index in [0.717, 1.165) is 11.1 Å². The van der Waals surface area contributed by atoms with Gasteiger partial charge in [-0.15, -0.1) is 0 Å². The first kappa shape index (κ1) is 13.7. The van der Waals surface area contributed by atoms with Crippen LogP contribution in [0.25, 0.3) is 11.1 Å². The molecule has 0 aromatic heterocycles. The Morgan fingerprint density at radius 2 is 1.24 bits per heavy atom. The summed E-state index contributed by atoms with van der Waals surface area (Å²) in [5.74, 6) is 0. The molecule has 0 aliphatic heterocycles. The van der Waals surface area contributed by atoms with Crippen LogP contribution >= 0.6 is 0 Å². The van der Waals surface area contributed by atoms with Crippen LogP contribution in [0.5, 0.6) is 0 Å². The summed E-state index contributed by atoms with van der Waals surface area (Å²) in [6, 6.07) is 11.0. The first-order valence-corrected chi connectivity index (χ1v) is 4.89. The zero-order valence-electron chi connectivity index (χ0n) is 8.77. The summed E-state index contributed by atoms with van der Waals surface area (Å²) in [5, 5.41) is 0. The summed E-state index contributed by atoms with van der Waals surface area (Å²) in [6.45, 7) is 0. The molecule has 0 atom stereocenters. The van der Waals surface area contributed by atoms with E-state index in [9.17, 15) is 0 Å². The van der Waals surface area contributed by atoms with E-state index in [1.807, 2.05) is 30.3 Å². The van der Waals surface area contributed by atoms with Crippen LogP contribution in [0.1, 0.15) is 0 Å². The molecule has 0 amide bonds. The summed E-state index contributed by atoms with van der Waals surface area (Å²) in [4.78, 5) is 0. The third-order valence-electron chi connectivity index (χ3n) is 2.54. The molecule has 84 valence electrons. The minimum absolute atomic E-state index is 0. The van der Waals surface area contributed by atoms with Crippen molar-refractivity contribution in [1.29, 1.82) is 0 Å². The van der Waals surface area contributed by atoms with Crippen LogP contribution in [0.4, 0.5) is 22.7 Å². The Bertz CT molecular complexity index is 523. The van der Waals surface area contributed by atoms with Gasteiger partial charge in [-0.3, -0.25) is 0 Å². The van der Waals surface area contributed by atoms with E-state index in [-0.39, 0.29) is 29.6 Å². The van der Waals surface area contributed by atoms with Gasteiger partial charge in [0.05, 0.1) is 17.1 Å². The predicted octanol–water partition coefficient (Wildman–Crippen LogP) is 1.03. The molecule has 2 aromatic carbocycles. The number of rotatable bonds is 1. The average Bonchev–Trinajstić information content (AvgIpc) is 2.28. The van der Waals surface area contributed by atoms with Crippen molar-refractivity contribution in [2.45, 2.75) is 0 Å². The van der Waals surface area contributed by atoms with Crippen LogP contribution in [0, 0.1) is 0 Å². The zero-order valence-corrected chi connectivity index (χ0v) is 8.77. The quantitative estimate of drug-likeness (QED) is 0.440. The molecule has 17 heavy (non-hydrogen) atoms. The predicted molar refractivity (Wildman–Crippen MR) is 76.7 cm³/mol. The zero-order chi connectivity index (χ0) is 11.7. The van der Waals surface area contributed by atoms with Gasteiger partial charge < -0.3 is 22.9 Å². The molecule has 2 aromatic rings. The van der Waals surface area contributed by atoms with Gasteiger partial charge in [0, 0.05) is 11.3 Å². The Balaban J connectivity index is 0.00000144. The molecule has 8 N–H and O–H groups in total. The Morgan fingerprint density at radius 1 is 0.647 bits per heavy atom. The molecule has 0 saturated heterocycles. The van der Waals surface area contributed by atoms with E-state index in [0.29, 0.717) is 22.7 Å². The Hall–Kier alpha value is -1.36. The van der Waals surface area contributed by atoms with E-state index in [1.165, 1.54) is 0 Å². The molecular weight excluding hydrogens is 223 g/mol. The Kier molecular flexibility index (Phi) is 4.28. The molecule has 0 fully saturated rings. The molecular formula is C12H15N4Na. The molecule has 0 aliphatic carbocycles. The number of nitrogens with two attached hydrogens (primary N) is 4. The second-order valence-electron chi connectivity index (χ2n) is 3.65. The van der Waals surface area contributed by atoms with Gasteiger partial charge in [0.25, 0.3) is 0 Å². The van der Waals surface area contributed by atoms with Gasteiger partial charge >= 0.3 is 29.6 Å². The standard InChI is InChI=1S/C12H14N4.Na.H/c13-8-3-1-7(2-4-8)9-5-6-10(14)12(16)11(9)15;;/h1-6H,13-16H2;;. The molecule has 0 aliphatic rings. The molecule has 0 unspecified atom stereocenters. The van der Waals surface area contributed by atoms with Crippen LogP contribution in [0.15, 0.2) is 36.4 Å². The normalized spacial score (nSPS) is 9.65. The number of hydrogen-bond acceptors (Lipinski definition) is 4. The molecule has 4 nitrogen and oxygen atoms in total. The molecule has 0 radical (unpaired) electrons. The van der Waals surface area contributed by atoms with Gasteiger partial charge in [-0.25, -0.2) is 0 Å². The van der Waals surface area contributed by atoms with Gasteiger partial charge in [0.15, 0.2) is 0 Å². The second-order valence-corrected chi connectivity index (χ2v) is 3.65. The summed E-state index contributed by atoms with van der Waals surface area (Å²) in [5.41, 5.74) is 27.0. The molecule has 0 spiro atoms. The van der Waals surface area contributed by atoms with Crippen molar-refractivity contribution >= 4 is 52.3 Å². The monoisotopic (exact) mass is 238 g/mol. The Morgan fingerprint density at radius 3 is 1.82 bits per heavy atom. The van der Waals surface area contributed by atoms with Gasteiger partial charge in [0.2, 0.25) is 0 Å². The van der Waals surface area contributed by atoms with Crippen molar-refractivity contribution in [2.75, 3.05) is 22.9 Å². The van der Waals surface area contributed by atoms with Crippen molar-refractivity contribution in [1.82, 2.24) is 0 Å². The van der Waals surface area contributed by atoms with Crippen LogP contribution in [-0.2, 0) is 0 Å². The van der Waals surface area contributed by atoms with Crippen molar-refractivity contribution in [3.63, 3.8) is 0 Å². The average molecular weight is 238 g/mol. The topological polar surface area (TPSA) is 104 Å². The number of benzene rings is 2. The first-order valence-electron chi connectivity index (χ1n) is 4.89. The maximum atomic E-state index is 5.92. The van der Waals surface area contributed by atoms with Gasteiger partial charge in [0.1, 0.15) is 0 Å². The van der Waals surface area contributed by atoms with Gasteiger partial charge in [-0.05, 0) is 23.8 Å². The van der Waals surface area contributed by atoms with E-state index in [2.05, 4.69) is 0 Å².